The van der Waals surface area contributed by atoms with Crippen LogP contribution in [0, 0.1) is 0 Å². The molecule has 4 rings (SSSR count). The van der Waals surface area contributed by atoms with Crippen LogP contribution in [0.2, 0.25) is 0 Å². The number of hydrogen-bond donors (Lipinski definition) is 3. The standard InChI is InChI=1S/C18H21N5O2.C2HF3O2/c1-23(14-4-7-19-8-5-14)16-6-9-20-17(22-16)12-2-3-15-13(10-12)11-25-18(24)21-15;3-2(4,5)1(6)7/h2-3,6,9-10,14,19H,4-5,7-8,11H2,1H3,(H,21,24);(H,6,7). The minimum absolute atomic E-state index is 0.268. The molecule has 0 radical (unpaired) electrons. The molecule has 0 spiro atoms. The molecule has 3 N–H and O–H groups in total. The molecule has 32 heavy (non-hydrogen) atoms. The molecule has 0 aliphatic carbocycles. The quantitative estimate of drug-likeness (QED) is 0.650. The van der Waals surface area contributed by atoms with Crippen molar-refractivity contribution >= 4 is 23.6 Å². The summed E-state index contributed by atoms with van der Waals surface area (Å²) in [6.45, 7) is 2.36. The van der Waals surface area contributed by atoms with Crippen molar-refractivity contribution in [1.29, 1.82) is 0 Å². The Bertz CT molecular complexity index is 980. The number of aliphatic carboxylic acids is 1. The maximum atomic E-state index is 11.3. The molecule has 172 valence electrons. The Balaban J connectivity index is 0.000000360. The van der Waals surface area contributed by atoms with Crippen molar-refractivity contribution in [3.05, 3.63) is 36.0 Å². The third-order valence-corrected chi connectivity index (χ3v) is 5.06. The monoisotopic (exact) mass is 453 g/mol. The number of cyclic esters (lactones) is 1. The van der Waals surface area contributed by atoms with Crippen LogP contribution in [-0.4, -0.2) is 59.5 Å². The van der Waals surface area contributed by atoms with Crippen molar-refractivity contribution in [3.63, 3.8) is 0 Å². The zero-order valence-corrected chi connectivity index (χ0v) is 17.1. The number of nitrogens with one attached hydrogen (secondary N) is 2. The van der Waals surface area contributed by atoms with E-state index in [1.807, 2.05) is 24.3 Å². The van der Waals surface area contributed by atoms with Gasteiger partial charge in [-0.3, -0.25) is 5.32 Å². The number of fused-ring (bicyclic) bond motifs is 1. The minimum atomic E-state index is -5.08. The van der Waals surface area contributed by atoms with E-state index >= 15 is 0 Å². The van der Waals surface area contributed by atoms with Gasteiger partial charge in [-0.2, -0.15) is 13.2 Å². The van der Waals surface area contributed by atoms with Gasteiger partial charge >= 0.3 is 18.2 Å². The summed E-state index contributed by atoms with van der Waals surface area (Å²) < 4.78 is 36.8. The third-order valence-electron chi connectivity index (χ3n) is 5.06. The zero-order chi connectivity index (χ0) is 23.3. The Morgan fingerprint density at radius 3 is 2.59 bits per heavy atom. The third kappa shape index (κ3) is 5.84. The number of rotatable bonds is 3. The van der Waals surface area contributed by atoms with Crippen molar-refractivity contribution in [2.45, 2.75) is 31.7 Å². The number of carbonyl (C=O) groups excluding carboxylic acids is 1. The van der Waals surface area contributed by atoms with E-state index in [9.17, 15) is 18.0 Å². The number of anilines is 2. The van der Waals surface area contributed by atoms with Crippen molar-refractivity contribution in [2.75, 3.05) is 30.4 Å². The number of ether oxygens (including phenoxy) is 1. The highest BCUT2D eigenvalue weighted by atomic mass is 19.4. The Hall–Kier alpha value is -3.41. The molecule has 0 saturated carbocycles. The number of nitrogens with zero attached hydrogens (tertiary/aromatic N) is 3. The predicted molar refractivity (Wildman–Crippen MR) is 109 cm³/mol. The van der Waals surface area contributed by atoms with Crippen molar-refractivity contribution < 1.29 is 32.6 Å². The first kappa shape index (κ1) is 23.3. The summed E-state index contributed by atoms with van der Waals surface area (Å²) in [6, 6.07) is 8.22. The van der Waals surface area contributed by atoms with E-state index in [2.05, 4.69) is 27.6 Å². The second kappa shape index (κ2) is 9.81. The topological polar surface area (TPSA) is 117 Å². The van der Waals surface area contributed by atoms with E-state index in [4.69, 9.17) is 19.6 Å². The lowest BCUT2D eigenvalue weighted by Crippen LogP contribution is -2.41. The SMILES string of the molecule is CN(c1ccnc(-c2ccc3c(c2)COC(=O)N3)n1)C1CCNCC1.O=C(O)C(F)(F)F. The highest BCUT2D eigenvalue weighted by molar-refractivity contribution is 5.88. The van der Waals surface area contributed by atoms with Crippen LogP contribution in [0.15, 0.2) is 30.5 Å². The lowest BCUT2D eigenvalue weighted by molar-refractivity contribution is -0.192. The number of amides is 1. The van der Waals surface area contributed by atoms with Crippen LogP contribution in [0.4, 0.5) is 29.5 Å². The molecule has 0 atom stereocenters. The summed E-state index contributed by atoms with van der Waals surface area (Å²) in [7, 11) is 2.10. The summed E-state index contributed by atoms with van der Waals surface area (Å²) in [6.07, 6.45) is -1.47. The molecule has 1 saturated heterocycles. The highest BCUT2D eigenvalue weighted by Gasteiger charge is 2.38. The first-order valence-electron chi connectivity index (χ1n) is 9.79. The summed E-state index contributed by atoms with van der Waals surface area (Å²) in [5.41, 5.74) is 2.62. The molecular weight excluding hydrogens is 431 g/mol. The van der Waals surface area contributed by atoms with Crippen LogP contribution >= 0.6 is 0 Å². The Kier molecular flexibility index (Phi) is 7.13. The normalized spacial score (nSPS) is 16.1. The molecule has 1 fully saturated rings. The number of piperidine rings is 1. The van der Waals surface area contributed by atoms with Crippen LogP contribution in [0.1, 0.15) is 18.4 Å². The van der Waals surface area contributed by atoms with Gasteiger partial charge in [-0.05, 0) is 50.2 Å². The minimum Gasteiger partial charge on any atom is -0.475 e. The van der Waals surface area contributed by atoms with E-state index in [1.165, 1.54) is 0 Å². The first-order chi connectivity index (χ1) is 15.1. The molecule has 2 aromatic rings. The molecule has 0 unspecified atom stereocenters. The fraction of sp³-hybridized carbons (Fsp3) is 0.400. The molecular formula is C20H22F3N5O4. The maximum Gasteiger partial charge on any atom is 0.490 e. The number of benzene rings is 1. The van der Waals surface area contributed by atoms with Gasteiger partial charge in [-0.15, -0.1) is 0 Å². The summed E-state index contributed by atoms with van der Waals surface area (Å²) in [4.78, 5) is 31.6. The van der Waals surface area contributed by atoms with E-state index in [0.29, 0.717) is 11.9 Å². The van der Waals surface area contributed by atoms with Gasteiger partial charge in [-0.25, -0.2) is 19.6 Å². The van der Waals surface area contributed by atoms with Gasteiger partial charge in [0, 0.05) is 30.4 Å². The number of carboxylic acid groups (broad SMARTS) is 1. The lowest BCUT2D eigenvalue weighted by atomic mass is 10.1. The first-order valence-corrected chi connectivity index (χ1v) is 9.79. The number of alkyl halides is 3. The molecule has 2 aliphatic heterocycles. The number of halogens is 3. The maximum absolute atomic E-state index is 11.3. The van der Waals surface area contributed by atoms with Crippen LogP contribution in [-0.2, 0) is 16.1 Å². The van der Waals surface area contributed by atoms with Gasteiger partial charge in [0.2, 0.25) is 0 Å². The van der Waals surface area contributed by atoms with E-state index in [1.54, 1.807) is 6.20 Å². The predicted octanol–water partition coefficient (Wildman–Crippen LogP) is 3.03. The lowest BCUT2D eigenvalue weighted by Gasteiger charge is -2.32. The van der Waals surface area contributed by atoms with Crippen molar-refractivity contribution in [3.8, 4) is 11.4 Å². The van der Waals surface area contributed by atoms with Gasteiger partial charge < -0.3 is 20.1 Å². The van der Waals surface area contributed by atoms with Gasteiger partial charge in [0.15, 0.2) is 5.82 Å². The van der Waals surface area contributed by atoms with Gasteiger partial charge in [-0.1, -0.05) is 0 Å². The van der Waals surface area contributed by atoms with E-state index in [0.717, 1.165) is 48.6 Å². The summed E-state index contributed by atoms with van der Waals surface area (Å²) in [5.74, 6) is -1.15. The Labute approximate surface area is 181 Å². The molecule has 9 nitrogen and oxygen atoms in total. The average molecular weight is 453 g/mol. The van der Waals surface area contributed by atoms with Gasteiger partial charge in [0.05, 0.1) is 5.69 Å². The Morgan fingerprint density at radius 1 is 1.25 bits per heavy atom. The molecule has 1 aromatic heterocycles. The van der Waals surface area contributed by atoms with Crippen LogP contribution < -0.4 is 15.5 Å². The van der Waals surface area contributed by atoms with Crippen LogP contribution in [0.5, 0.6) is 0 Å². The van der Waals surface area contributed by atoms with Gasteiger partial charge in [0.1, 0.15) is 12.4 Å². The molecule has 12 heteroatoms. The Morgan fingerprint density at radius 2 is 1.94 bits per heavy atom. The molecule has 2 aliphatic rings. The largest absolute Gasteiger partial charge is 0.490 e. The second-order valence-corrected chi connectivity index (χ2v) is 7.21. The number of carboxylic acids is 1. The summed E-state index contributed by atoms with van der Waals surface area (Å²) >= 11 is 0. The smallest absolute Gasteiger partial charge is 0.475 e. The zero-order valence-electron chi connectivity index (χ0n) is 17.1. The molecule has 1 aromatic carbocycles. The highest BCUT2D eigenvalue weighted by Crippen LogP contribution is 2.27. The molecule has 0 bridgehead atoms. The van der Waals surface area contributed by atoms with Crippen molar-refractivity contribution in [1.82, 2.24) is 15.3 Å². The number of aromatic nitrogens is 2. The van der Waals surface area contributed by atoms with Crippen LogP contribution in [0.25, 0.3) is 11.4 Å². The number of hydrogen-bond acceptors (Lipinski definition) is 7. The van der Waals surface area contributed by atoms with Crippen molar-refractivity contribution in [2.24, 2.45) is 0 Å². The van der Waals surface area contributed by atoms with Gasteiger partial charge in [0.25, 0.3) is 0 Å². The average Bonchev–Trinajstić information content (AvgIpc) is 2.78. The number of carbonyl (C=O) groups is 2. The summed E-state index contributed by atoms with van der Waals surface area (Å²) in [5, 5.41) is 13.2. The molecule has 3 heterocycles. The fourth-order valence-electron chi connectivity index (χ4n) is 3.33. The fourth-order valence-corrected chi connectivity index (χ4v) is 3.33. The second-order valence-electron chi connectivity index (χ2n) is 7.21. The molecule has 1 amide bonds. The van der Waals surface area contributed by atoms with E-state index < -0.39 is 18.2 Å². The van der Waals surface area contributed by atoms with E-state index in [-0.39, 0.29) is 6.61 Å². The van der Waals surface area contributed by atoms with Crippen LogP contribution in [0.3, 0.4) is 0 Å².